The van der Waals surface area contributed by atoms with Gasteiger partial charge >= 0.3 is 0 Å². The maximum Gasteiger partial charge on any atom is 0.0633 e. The van der Waals surface area contributed by atoms with Crippen molar-refractivity contribution >= 4 is 15.9 Å². The Bertz CT molecular complexity index is 299. The molecule has 0 aliphatic carbocycles. The Morgan fingerprint density at radius 1 is 1.29 bits per heavy atom. The molecular formula is C11H14BrNO. The number of piperidine rings is 1. The van der Waals surface area contributed by atoms with E-state index in [4.69, 9.17) is 0 Å². The Kier molecular flexibility index (Phi) is 3.21. The lowest BCUT2D eigenvalue weighted by molar-refractivity contribution is 0.114. The number of halogens is 1. The number of hydrogen-bond acceptors (Lipinski definition) is 2. The Labute approximate surface area is 92.5 Å². The van der Waals surface area contributed by atoms with Crippen LogP contribution in [0.1, 0.15) is 17.9 Å². The third kappa shape index (κ3) is 2.16. The van der Waals surface area contributed by atoms with E-state index in [-0.39, 0.29) is 12.0 Å². The molecule has 1 fully saturated rings. The first kappa shape index (κ1) is 10.1. The van der Waals surface area contributed by atoms with Crippen molar-refractivity contribution in [2.24, 2.45) is 0 Å². The van der Waals surface area contributed by atoms with Crippen LogP contribution in [0.25, 0.3) is 0 Å². The monoisotopic (exact) mass is 255 g/mol. The lowest BCUT2D eigenvalue weighted by atomic mass is 9.89. The first-order valence-electron chi connectivity index (χ1n) is 4.91. The lowest BCUT2D eigenvalue weighted by Crippen LogP contribution is -2.38. The molecule has 0 spiro atoms. The number of rotatable bonds is 1. The van der Waals surface area contributed by atoms with Gasteiger partial charge in [-0.2, -0.15) is 0 Å². The van der Waals surface area contributed by atoms with Gasteiger partial charge in [0.05, 0.1) is 6.10 Å². The van der Waals surface area contributed by atoms with E-state index in [1.54, 1.807) is 0 Å². The Morgan fingerprint density at radius 2 is 2.00 bits per heavy atom. The van der Waals surface area contributed by atoms with E-state index in [0.717, 1.165) is 24.0 Å². The van der Waals surface area contributed by atoms with Crippen LogP contribution in [-0.4, -0.2) is 24.3 Å². The van der Waals surface area contributed by atoms with Gasteiger partial charge in [-0.3, -0.25) is 0 Å². The molecule has 2 unspecified atom stereocenters. The molecule has 2 rings (SSSR count). The minimum Gasteiger partial charge on any atom is -0.392 e. The molecule has 2 nitrogen and oxygen atoms in total. The first-order chi connectivity index (χ1) is 6.77. The van der Waals surface area contributed by atoms with Gasteiger partial charge in [-0.25, -0.2) is 0 Å². The second-order valence-electron chi connectivity index (χ2n) is 3.72. The van der Waals surface area contributed by atoms with Crippen LogP contribution in [0.2, 0.25) is 0 Å². The summed E-state index contributed by atoms with van der Waals surface area (Å²) in [4.78, 5) is 0. The van der Waals surface area contributed by atoms with Gasteiger partial charge in [-0.1, -0.05) is 28.1 Å². The molecular weight excluding hydrogens is 242 g/mol. The standard InChI is InChI=1S/C11H14BrNO/c12-9-3-1-8(2-4-9)10-7-13-6-5-11(10)14/h1-4,10-11,13-14H,5-7H2. The van der Waals surface area contributed by atoms with Crippen LogP contribution in [0.4, 0.5) is 0 Å². The number of aliphatic hydroxyl groups excluding tert-OH is 1. The summed E-state index contributed by atoms with van der Waals surface area (Å²) in [7, 11) is 0. The van der Waals surface area contributed by atoms with Gasteiger partial charge in [0.2, 0.25) is 0 Å². The molecule has 1 saturated heterocycles. The molecule has 0 radical (unpaired) electrons. The molecule has 1 heterocycles. The fourth-order valence-corrected chi connectivity index (χ4v) is 2.16. The van der Waals surface area contributed by atoms with E-state index in [9.17, 15) is 5.11 Å². The average molecular weight is 256 g/mol. The predicted molar refractivity (Wildman–Crippen MR) is 60.4 cm³/mol. The Morgan fingerprint density at radius 3 is 2.64 bits per heavy atom. The summed E-state index contributed by atoms with van der Waals surface area (Å²) >= 11 is 3.41. The summed E-state index contributed by atoms with van der Waals surface area (Å²) in [6.45, 7) is 1.80. The van der Waals surface area contributed by atoms with Gasteiger partial charge in [-0.15, -0.1) is 0 Å². The van der Waals surface area contributed by atoms with Gasteiger partial charge in [0, 0.05) is 16.9 Å². The van der Waals surface area contributed by atoms with Gasteiger partial charge in [0.25, 0.3) is 0 Å². The summed E-state index contributed by atoms with van der Waals surface area (Å²) in [5, 5.41) is 13.1. The summed E-state index contributed by atoms with van der Waals surface area (Å²) < 4.78 is 1.08. The van der Waals surface area contributed by atoms with Crippen molar-refractivity contribution in [1.29, 1.82) is 0 Å². The highest BCUT2D eigenvalue weighted by molar-refractivity contribution is 9.10. The zero-order valence-electron chi connectivity index (χ0n) is 7.91. The summed E-state index contributed by atoms with van der Waals surface area (Å²) in [5.41, 5.74) is 1.22. The van der Waals surface area contributed by atoms with Crippen LogP contribution in [-0.2, 0) is 0 Å². The zero-order valence-corrected chi connectivity index (χ0v) is 9.50. The SMILES string of the molecule is OC1CCNCC1c1ccc(Br)cc1. The van der Waals surface area contributed by atoms with Crippen molar-refractivity contribution < 1.29 is 5.11 Å². The maximum absolute atomic E-state index is 9.84. The fraction of sp³-hybridized carbons (Fsp3) is 0.455. The number of benzene rings is 1. The number of nitrogens with one attached hydrogen (secondary N) is 1. The second kappa shape index (κ2) is 4.43. The third-order valence-corrected chi connectivity index (χ3v) is 3.27. The minimum atomic E-state index is -0.197. The molecule has 3 heteroatoms. The molecule has 0 bridgehead atoms. The molecule has 0 aromatic heterocycles. The largest absolute Gasteiger partial charge is 0.392 e. The molecule has 2 atom stereocenters. The van der Waals surface area contributed by atoms with Crippen molar-refractivity contribution in [3.05, 3.63) is 34.3 Å². The van der Waals surface area contributed by atoms with Crippen molar-refractivity contribution in [2.45, 2.75) is 18.4 Å². The summed E-state index contributed by atoms with van der Waals surface area (Å²) in [6.07, 6.45) is 0.651. The normalized spacial score (nSPS) is 27.6. The average Bonchev–Trinajstić information content (AvgIpc) is 2.20. The van der Waals surface area contributed by atoms with E-state index >= 15 is 0 Å². The Balaban J connectivity index is 2.16. The number of hydrogen-bond donors (Lipinski definition) is 2. The topological polar surface area (TPSA) is 32.3 Å². The smallest absolute Gasteiger partial charge is 0.0633 e. The van der Waals surface area contributed by atoms with Crippen molar-refractivity contribution in [2.75, 3.05) is 13.1 Å². The van der Waals surface area contributed by atoms with E-state index in [1.807, 2.05) is 12.1 Å². The second-order valence-corrected chi connectivity index (χ2v) is 4.63. The molecule has 1 aliphatic heterocycles. The highest BCUT2D eigenvalue weighted by Crippen LogP contribution is 2.24. The molecule has 1 aromatic carbocycles. The maximum atomic E-state index is 9.84. The molecule has 1 aromatic rings. The molecule has 1 aliphatic rings. The van der Waals surface area contributed by atoms with Gasteiger partial charge < -0.3 is 10.4 Å². The van der Waals surface area contributed by atoms with Crippen LogP contribution in [0.15, 0.2) is 28.7 Å². The molecule has 0 amide bonds. The van der Waals surface area contributed by atoms with Gasteiger partial charge in [-0.05, 0) is 30.7 Å². The summed E-state index contributed by atoms with van der Waals surface area (Å²) in [5.74, 6) is 0.247. The van der Waals surface area contributed by atoms with E-state index < -0.39 is 0 Å². The summed E-state index contributed by atoms with van der Waals surface area (Å²) in [6, 6.07) is 8.20. The van der Waals surface area contributed by atoms with Crippen molar-refractivity contribution in [1.82, 2.24) is 5.32 Å². The van der Waals surface area contributed by atoms with Gasteiger partial charge in [0.15, 0.2) is 0 Å². The van der Waals surface area contributed by atoms with Crippen LogP contribution in [0.3, 0.4) is 0 Å². The number of aliphatic hydroxyl groups is 1. The first-order valence-corrected chi connectivity index (χ1v) is 5.71. The van der Waals surface area contributed by atoms with Crippen LogP contribution in [0.5, 0.6) is 0 Å². The highest BCUT2D eigenvalue weighted by atomic mass is 79.9. The van der Waals surface area contributed by atoms with Crippen molar-refractivity contribution in [3.8, 4) is 0 Å². The molecule has 0 saturated carbocycles. The molecule has 2 N–H and O–H groups in total. The van der Waals surface area contributed by atoms with Crippen molar-refractivity contribution in [3.63, 3.8) is 0 Å². The molecule has 76 valence electrons. The van der Waals surface area contributed by atoms with E-state index in [2.05, 4.69) is 33.4 Å². The van der Waals surface area contributed by atoms with Crippen LogP contribution < -0.4 is 5.32 Å². The van der Waals surface area contributed by atoms with Gasteiger partial charge in [0.1, 0.15) is 0 Å². The van der Waals surface area contributed by atoms with Crippen LogP contribution in [0, 0.1) is 0 Å². The lowest BCUT2D eigenvalue weighted by Gasteiger charge is -2.28. The minimum absolute atomic E-state index is 0.197. The zero-order chi connectivity index (χ0) is 9.97. The van der Waals surface area contributed by atoms with E-state index in [1.165, 1.54) is 5.56 Å². The van der Waals surface area contributed by atoms with E-state index in [0.29, 0.717) is 0 Å². The highest BCUT2D eigenvalue weighted by Gasteiger charge is 2.23. The fourth-order valence-electron chi connectivity index (χ4n) is 1.89. The molecule has 14 heavy (non-hydrogen) atoms. The van der Waals surface area contributed by atoms with Crippen LogP contribution >= 0.6 is 15.9 Å². The third-order valence-electron chi connectivity index (χ3n) is 2.74. The quantitative estimate of drug-likeness (QED) is 0.804. The predicted octanol–water partition coefficient (Wildman–Crippen LogP) is 1.89. The Hall–Kier alpha value is -0.380.